The van der Waals surface area contributed by atoms with Gasteiger partial charge in [-0.15, -0.1) is 0 Å². The zero-order chi connectivity index (χ0) is 13.5. The van der Waals surface area contributed by atoms with Crippen molar-refractivity contribution in [2.24, 2.45) is 0 Å². The number of carbonyl (C=O) groups is 1. The van der Waals surface area contributed by atoms with E-state index in [0.29, 0.717) is 11.7 Å². The molecule has 1 amide bonds. The van der Waals surface area contributed by atoms with Gasteiger partial charge in [0.1, 0.15) is 5.82 Å². The van der Waals surface area contributed by atoms with Crippen LogP contribution in [0.15, 0.2) is 36.4 Å². The van der Waals surface area contributed by atoms with Crippen molar-refractivity contribution in [3.63, 3.8) is 0 Å². The van der Waals surface area contributed by atoms with Gasteiger partial charge in [-0.3, -0.25) is 9.69 Å². The zero-order valence-corrected chi connectivity index (χ0v) is 10.9. The molecule has 2 aliphatic heterocycles. The number of piperidine rings is 1. The predicted octanol–water partition coefficient (Wildman–Crippen LogP) is 2.24. The van der Waals surface area contributed by atoms with Crippen LogP contribution >= 0.6 is 0 Å². The molecule has 3 rings (SSSR count). The average molecular weight is 260 g/mol. The van der Waals surface area contributed by atoms with Gasteiger partial charge in [0, 0.05) is 17.8 Å². The summed E-state index contributed by atoms with van der Waals surface area (Å²) in [7, 11) is 0. The van der Waals surface area contributed by atoms with E-state index in [1.807, 2.05) is 6.08 Å². The van der Waals surface area contributed by atoms with Gasteiger partial charge >= 0.3 is 0 Å². The molecule has 19 heavy (non-hydrogen) atoms. The number of rotatable bonds is 1. The number of nitrogens with one attached hydrogen (secondary N) is 1. The first-order valence-corrected chi connectivity index (χ1v) is 6.63. The van der Waals surface area contributed by atoms with Crippen molar-refractivity contribution in [1.29, 1.82) is 0 Å². The summed E-state index contributed by atoms with van der Waals surface area (Å²) < 4.78 is 13.4. The Morgan fingerprint density at radius 3 is 3.05 bits per heavy atom. The first-order valence-electron chi connectivity index (χ1n) is 6.63. The molecule has 0 aliphatic carbocycles. The second kappa shape index (κ2) is 4.46. The fourth-order valence-corrected chi connectivity index (χ4v) is 3.19. The van der Waals surface area contributed by atoms with Crippen LogP contribution in [0.2, 0.25) is 0 Å². The topological polar surface area (TPSA) is 32.3 Å². The summed E-state index contributed by atoms with van der Waals surface area (Å²) in [5.74, 6) is -0.367. The number of hydrogen-bond donors (Lipinski definition) is 1. The molecule has 1 saturated heterocycles. The molecular weight excluding hydrogens is 243 g/mol. The second-order valence-electron chi connectivity index (χ2n) is 5.40. The highest BCUT2D eigenvalue weighted by molar-refractivity contribution is 6.06. The van der Waals surface area contributed by atoms with Crippen LogP contribution in [0.1, 0.15) is 19.8 Å². The quantitative estimate of drug-likeness (QED) is 0.840. The lowest BCUT2D eigenvalue weighted by molar-refractivity contribution is -0.114. The lowest BCUT2D eigenvalue weighted by atomic mass is 9.84. The van der Waals surface area contributed by atoms with Gasteiger partial charge in [-0.25, -0.2) is 4.39 Å². The summed E-state index contributed by atoms with van der Waals surface area (Å²) in [4.78, 5) is 13.9. The Balaban J connectivity index is 2.00. The molecule has 2 atom stereocenters. The first kappa shape index (κ1) is 12.4. The average Bonchev–Trinajstić information content (AvgIpc) is 2.66. The van der Waals surface area contributed by atoms with E-state index in [4.69, 9.17) is 0 Å². The van der Waals surface area contributed by atoms with Crippen LogP contribution < -0.4 is 10.2 Å². The second-order valence-corrected chi connectivity index (χ2v) is 5.40. The number of hydrogen-bond acceptors (Lipinski definition) is 2. The van der Waals surface area contributed by atoms with Crippen molar-refractivity contribution in [3.05, 3.63) is 42.2 Å². The number of nitrogens with zero attached hydrogens (tertiary/aromatic N) is 1. The molecule has 100 valence electrons. The Labute approximate surface area is 112 Å². The molecule has 1 spiro atoms. The van der Waals surface area contributed by atoms with Crippen molar-refractivity contribution >= 4 is 11.6 Å². The van der Waals surface area contributed by atoms with Gasteiger partial charge in [-0.1, -0.05) is 12.1 Å². The fraction of sp³-hybridized carbons (Fsp3) is 0.400. The van der Waals surface area contributed by atoms with Crippen molar-refractivity contribution in [3.8, 4) is 0 Å². The van der Waals surface area contributed by atoms with Gasteiger partial charge in [0.2, 0.25) is 0 Å². The molecule has 4 heteroatoms. The number of amides is 1. The number of benzene rings is 1. The molecule has 1 aromatic rings. The van der Waals surface area contributed by atoms with Crippen LogP contribution in [-0.4, -0.2) is 24.0 Å². The van der Waals surface area contributed by atoms with E-state index < -0.39 is 0 Å². The molecule has 2 aliphatic rings. The van der Waals surface area contributed by atoms with Crippen LogP contribution in [0.5, 0.6) is 0 Å². The minimum atomic E-state index is -0.311. The van der Waals surface area contributed by atoms with Crippen molar-refractivity contribution in [2.45, 2.75) is 31.3 Å². The molecular formula is C15H17FN2O. The van der Waals surface area contributed by atoms with Gasteiger partial charge in [-0.05, 0) is 44.5 Å². The number of halogens is 1. The molecule has 3 nitrogen and oxygen atoms in total. The largest absolute Gasteiger partial charge is 0.314 e. The van der Waals surface area contributed by atoms with Crippen LogP contribution in [-0.2, 0) is 4.79 Å². The third-order valence-corrected chi connectivity index (χ3v) is 3.98. The first-order chi connectivity index (χ1) is 9.11. The normalized spacial score (nSPS) is 30.3. The van der Waals surface area contributed by atoms with E-state index in [9.17, 15) is 9.18 Å². The van der Waals surface area contributed by atoms with Crippen molar-refractivity contribution in [1.82, 2.24) is 5.32 Å². The summed E-state index contributed by atoms with van der Waals surface area (Å²) in [6.07, 6.45) is 5.31. The van der Waals surface area contributed by atoms with Gasteiger partial charge in [0.15, 0.2) is 0 Å². The fourth-order valence-electron chi connectivity index (χ4n) is 3.19. The molecule has 0 radical (unpaired) electrons. The van der Waals surface area contributed by atoms with Crippen LogP contribution in [0.3, 0.4) is 0 Å². The van der Waals surface area contributed by atoms with Crippen molar-refractivity contribution < 1.29 is 9.18 Å². The molecule has 1 aromatic carbocycles. The highest BCUT2D eigenvalue weighted by atomic mass is 19.1. The number of carbonyl (C=O) groups excluding carboxylic acids is 1. The molecule has 1 fully saturated rings. The van der Waals surface area contributed by atoms with Crippen LogP contribution in [0.25, 0.3) is 0 Å². The standard InChI is InChI=1S/C15H17FN2O/c1-11-10-15(7-8-17-11)6-5-14(19)18(15)13-4-2-3-12(16)9-13/h2-6,9,11,17H,7-8,10H2,1H3. The van der Waals surface area contributed by atoms with E-state index in [1.54, 1.807) is 23.1 Å². The molecule has 0 bridgehead atoms. The monoisotopic (exact) mass is 260 g/mol. The summed E-state index contributed by atoms with van der Waals surface area (Å²) in [6.45, 7) is 2.98. The van der Waals surface area contributed by atoms with Crippen LogP contribution in [0, 0.1) is 5.82 Å². The SMILES string of the molecule is CC1CC2(C=CC(=O)N2c2cccc(F)c2)CCN1. The zero-order valence-electron chi connectivity index (χ0n) is 10.9. The van der Waals surface area contributed by atoms with E-state index in [0.717, 1.165) is 19.4 Å². The van der Waals surface area contributed by atoms with E-state index in [2.05, 4.69) is 12.2 Å². The van der Waals surface area contributed by atoms with Gasteiger partial charge in [0.25, 0.3) is 5.91 Å². The summed E-state index contributed by atoms with van der Waals surface area (Å²) in [6, 6.07) is 6.62. The molecule has 0 saturated carbocycles. The lowest BCUT2D eigenvalue weighted by Crippen LogP contribution is -2.55. The third-order valence-electron chi connectivity index (χ3n) is 3.98. The minimum absolute atomic E-state index is 0.0558. The van der Waals surface area contributed by atoms with E-state index >= 15 is 0 Å². The maximum atomic E-state index is 13.4. The summed E-state index contributed by atoms with van der Waals surface area (Å²) in [5.41, 5.74) is 0.347. The smallest absolute Gasteiger partial charge is 0.251 e. The molecule has 0 aromatic heterocycles. The van der Waals surface area contributed by atoms with Gasteiger partial charge < -0.3 is 5.32 Å². The Bertz CT molecular complexity index is 543. The van der Waals surface area contributed by atoms with E-state index in [-0.39, 0.29) is 17.3 Å². The lowest BCUT2D eigenvalue weighted by Gasteiger charge is -2.43. The Kier molecular flexibility index (Phi) is 2.90. The Morgan fingerprint density at radius 2 is 2.32 bits per heavy atom. The van der Waals surface area contributed by atoms with Gasteiger partial charge in [-0.2, -0.15) is 0 Å². The Hall–Kier alpha value is -1.68. The highest BCUT2D eigenvalue weighted by Gasteiger charge is 2.44. The minimum Gasteiger partial charge on any atom is -0.314 e. The maximum absolute atomic E-state index is 13.4. The summed E-state index contributed by atoms with van der Waals surface area (Å²) >= 11 is 0. The number of anilines is 1. The van der Waals surface area contributed by atoms with Crippen molar-refractivity contribution in [2.75, 3.05) is 11.4 Å². The molecule has 2 heterocycles. The molecule has 2 unspecified atom stereocenters. The van der Waals surface area contributed by atoms with Crippen LogP contribution in [0.4, 0.5) is 10.1 Å². The highest BCUT2D eigenvalue weighted by Crippen LogP contribution is 2.38. The molecule has 1 N–H and O–H groups in total. The Morgan fingerprint density at radius 1 is 1.47 bits per heavy atom. The van der Waals surface area contributed by atoms with Gasteiger partial charge in [0.05, 0.1) is 5.54 Å². The summed E-state index contributed by atoms with van der Waals surface area (Å²) in [5, 5.41) is 3.39. The predicted molar refractivity (Wildman–Crippen MR) is 72.5 cm³/mol. The van der Waals surface area contributed by atoms with E-state index in [1.165, 1.54) is 12.1 Å². The third kappa shape index (κ3) is 2.06. The maximum Gasteiger partial charge on any atom is 0.251 e.